The zero-order valence-corrected chi connectivity index (χ0v) is 17.0. The molecule has 2 aliphatic rings. The molecule has 2 atom stereocenters. The van der Waals surface area contributed by atoms with Gasteiger partial charge in [-0.1, -0.05) is 12.8 Å². The van der Waals surface area contributed by atoms with E-state index >= 15 is 0 Å². The zero-order chi connectivity index (χ0) is 20.3. The van der Waals surface area contributed by atoms with Crippen LogP contribution in [0.4, 0.5) is 0 Å². The van der Waals surface area contributed by atoms with Gasteiger partial charge in [0.05, 0.1) is 12.2 Å². The van der Waals surface area contributed by atoms with E-state index in [1.165, 1.54) is 19.3 Å². The highest BCUT2D eigenvalue weighted by Gasteiger charge is 2.36. The summed E-state index contributed by atoms with van der Waals surface area (Å²) in [6.45, 7) is 5.84. The van der Waals surface area contributed by atoms with Crippen molar-refractivity contribution in [1.82, 2.24) is 9.88 Å². The maximum atomic E-state index is 12.7. The first-order valence-electron chi connectivity index (χ1n) is 10.3. The van der Waals surface area contributed by atoms with Crippen molar-refractivity contribution in [2.24, 2.45) is 5.92 Å². The summed E-state index contributed by atoms with van der Waals surface area (Å²) in [5.74, 6) is -0.638. The molecule has 0 radical (unpaired) electrons. The van der Waals surface area contributed by atoms with Crippen molar-refractivity contribution in [2.75, 3.05) is 19.8 Å². The Labute approximate surface area is 165 Å². The highest BCUT2D eigenvalue weighted by molar-refractivity contribution is 5.99. The van der Waals surface area contributed by atoms with Crippen molar-refractivity contribution in [3.8, 4) is 0 Å². The van der Waals surface area contributed by atoms with Crippen LogP contribution in [0.2, 0.25) is 0 Å². The number of hydrogen-bond donors (Lipinski definition) is 1. The molecule has 0 unspecified atom stereocenters. The number of aromatic amines is 1. The van der Waals surface area contributed by atoms with Gasteiger partial charge in [0.15, 0.2) is 6.61 Å². The van der Waals surface area contributed by atoms with Gasteiger partial charge in [-0.2, -0.15) is 0 Å². The maximum Gasteiger partial charge on any atom is 0.355 e. The van der Waals surface area contributed by atoms with Gasteiger partial charge in [0.1, 0.15) is 5.69 Å². The minimum atomic E-state index is -0.623. The van der Waals surface area contributed by atoms with Crippen molar-refractivity contribution in [2.45, 2.75) is 65.3 Å². The molecule has 3 rings (SSSR count). The molecule has 28 heavy (non-hydrogen) atoms. The van der Waals surface area contributed by atoms with Crippen LogP contribution in [-0.4, -0.2) is 53.5 Å². The predicted octanol–water partition coefficient (Wildman–Crippen LogP) is 3.15. The molecule has 1 aliphatic heterocycles. The van der Waals surface area contributed by atoms with Gasteiger partial charge in [0.25, 0.3) is 5.91 Å². The average molecular weight is 390 g/mol. The Kier molecular flexibility index (Phi) is 6.42. The van der Waals surface area contributed by atoms with E-state index in [9.17, 15) is 14.4 Å². The first kappa shape index (κ1) is 20.4. The lowest BCUT2D eigenvalue weighted by molar-refractivity contribution is -0.140. The van der Waals surface area contributed by atoms with Crippen LogP contribution in [-0.2, 0) is 14.3 Å². The van der Waals surface area contributed by atoms with Crippen LogP contribution in [0.15, 0.2) is 0 Å². The highest BCUT2D eigenvalue weighted by Crippen LogP contribution is 2.35. The zero-order valence-electron chi connectivity index (χ0n) is 17.0. The fraction of sp³-hybridized carbons (Fsp3) is 0.667. The maximum absolute atomic E-state index is 12.7. The largest absolute Gasteiger partial charge is 0.462 e. The molecule has 1 aliphatic carbocycles. The fourth-order valence-electron chi connectivity index (χ4n) is 4.68. The van der Waals surface area contributed by atoms with Gasteiger partial charge < -0.3 is 19.4 Å². The normalized spacial score (nSPS) is 21.8. The minimum Gasteiger partial charge on any atom is -0.462 e. The number of nitrogens with one attached hydrogen (secondary N) is 1. The van der Waals surface area contributed by atoms with Crippen LogP contribution in [0.5, 0.6) is 0 Å². The van der Waals surface area contributed by atoms with Gasteiger partial charge in [0.2, 0.25) is 0 Å². The Morgan fingerprint density at radius 3 is 2.50 bits per heavy atom. The Morgan fingerprint density at radius 2 is 1.75 bits per heavy atom. The SMILES string of the molecule is CCOC(=O)c1c(C)[nH]c(C(=O)OCC(=O)N2CCC[C@@H]3CCCC[C@H]32)c1C. The Morgan fingerprint density at radius 1 is 1.04 bits per heavy atom. The summed E-state index contributed by atoms with van der Waals surface area (Å²) >= 11 is 0. The number of aryl methyl sites for hydroxylation is 1. The van der Waals surface area contributed by atoms with E-state index in [1.54, 1.807) is 20.8 Å². The predicted molar refractivity (Wildman–Crippen MR) is 103 cm³/mol. The summed E-state index contributed by atoms with van der Waals surface area (Å²) < 4.78 is 10.3. The van der Waals surface area contributed by atoms with Crippen molar-refractivity contribution in [3.63, 3.8) is 0 Å². The van der Waals surface area contributed by atoms with Gasteiger partial charge >= 0.3 is 11.9 Å². The van der Waals surface area contributed by atoms with Crippen LogP contribution >= 0.6 is 0 Å². The number of fused-ring (bicyclic) bond motifs is 1. The average Bonchev–Trinajstić information content (AvgIpc) is 2.99. The number of H-pyrrole nitrogens is 1. The molecule has 7 heteroatoms. The number of carbonyl (C=O) groups excluding carboxylic acids is 3. The molecule has 1 aromatic heterocycles. The molecule has 1 saturated carbocycles. The fourth-order valence-corrected chi connectivity index (χ4v) is 4.68. The lowest BCUT2D eigenvalue weighted by Crippen LogP contribution is -2.50. The molecular weight excluding hydrogens is 360 g/mol. The number of esters is 2. The van der Waals surface area contributed by atoms with Gasteiger partial charge in [-0.05, 0) is 57.9 Å². The standard InChI is InChI=1S/C21H30N2O5/c1-4-27-20(25)18-13(2)19(22-14(18)3)21(26)28-12-17(24)23-11-7-9-15-8-5-6-10-16(15)23/h15-16,22H,4-12H2,1-3H3/t15-,16+/m0/s1. The topological polar surface area (TPSA) is 88.7 Å². The van der Waals surface area contributed by atoms with E-state index in [4.69, 9.17) is 9.47 Å². The second kappa shape index (κ2) is 8.80. The second-order valence-corrected chi connectivity index (χ2v) is 7.76. The van der Waals surface area contributed by atoms with Gasteiger partial charge in [-0.15, -0.1) is 0 Å². The number of piperidine rings is 1. The van der Waals surface area contributed by atoms with Gasteiger partial charge in [-0.25, -0.2) is 9.59 Å². The summed E-state index contributed by atoms with van der Waals surface area (Å²) in [6, 6.07) is 0.290. The smallest absolute Gasteiger partial charge is 0.355 e. The van der Waals surface area contributed by atoms with Gasteiger partial charge in [0, 0.05) is 18.3 Å². The molecule has 0 spiro atoms. The number of rotatable bonds is 5. The summed E-state index contributed by atoms with van der Waals surface area (Å²) in [5, 5.41) is 0. The van der Waals surface area contributed by atoms with Crippen LogP contribution < -0.4 is 0 Å². The van der Waals surface area contributed by atoms with Crippen molar-refractivity contribution >= 4 is 17.8 Å². The second-order valence-electron chi connectivity index (χ2n) is 7.76. The minimum absolute atomic E-state index is 0.128. The third-order valence-corrected chi connectivity index (χ3v) is 6.01. The third-order valence-electron chi connectivity index (χ3n) is 6.01. The lowest BCUT2D eigenvalue weighted by Gasteiger charge is -2.44. The monoisotopic (exact) mass is 390 g/mol. The van der Waals surface area contributed by atoms with E-state index in [1.807, 2.05) is 4.90 Å². The van der Waals surface area contributed by atoms with Crippen LogP contribution in [0.3, 0.4) is 0 Å². The number of amides is 1. The Hall–Kier alpha value is -2.31. The number of hydrogen-bond acceptors (Lipinski definition) is 5. The summed E-state index contributed by atoms with van der Waals surface area (Å²) in [6.07, 6.45) is 6.83. The molecule has 1 N–H and O–H groups in total. The van der Waals surface area contributed by atoms with Crippen LogP contribution in [0.25, 0.3) is 0 Å². The highest BCUT2D eigenvalue weighted by atomic mass is 16.5. The number of carbonyl (C=O) groups is 3. The molecular formula is C21H30N2O5. The summed E-state index contributed by atoms with van der Waals surface area (Å²) in [4.78, 5) is 42.1. The number of aromatic nitrogens is 1. The van der Waals surface area contributed by atoms with Gasteiger partial charge in [-0.3, -0.25) is 4.79 Å². The van der Waals surface area contributed by atoms with E-state index in [-0.39, 0.29) is 24.8 Å². The van der Waals surface area contributed by atoms with Crippen LogP contribution in [0, 0.1) is 19.8 Å². The quantitative estimate of drug-likeness (QED) is 0.780. The number of ether oxygens (including phenoxy) is 2. The van der Waals surface area contributed by atoms with E-state index in [2.05, 4.69) is 4.98 Å². The third kappa shape index (κ3) is 4.08. The van der Waals surface area contributed by atoms with Crippen LogP contribution in [0.1, 0.15) is 77.6 Å². The summed E-state index contributed by atoms with van der Waals surface area (Å²) in [7, 11) is 0. The Bertz CT molecular complexity index is 752. The number of nitrogens with zero attached hydrogens (tertiary/aromatic N) is 1. The molecule has 2 heterocycles. The summed E-state index contributed by atoms with van der Waals surface area (Å²) in [5.41, 5.74) is 1.58. The first-order chi connectivity index (χ1) is 13.4. The van der Waals surface area contributed by atoms with Crippen molar-refractivity contribution in [3.05, 3.63) is 22.5 Å². The van der Waals surface area contributed by atoms with Crippen molar-refractivity contribution < 1.29 is 23.9 Å². The lowest BCUT2D eigenvalue weighted by atomic mass is 9.78. The Balaban J connectivity index is 1.63. The van der Waals surface area contributed by atoms with E-state index < -0.39 is 11.9 Å². The van der Waals surface area contributed by atoms with E-state index in [0.29, 0.717) is 28.8 Å². The molecule has 2 fully saturated rings. The molecule has 0 bridgehead atoms. The molecule has 1 saturated heterocycles. The molecule has 1 amide bonds. The number of likely N-dealkylation sites (tertiary alicyclic amines) is 1. The first-order valence-corrected chi connectivity index (χ1v) is 10.3. The molecule has 154 valence electrons. The molecule has 1 aromatic rings. The van der Waals surface area contributed by atoms with Crippen molar-refractivity contribution in [1.29, 1.82) is 0 Å². The molecule has 0 aromatic carbocycles. The van der Waals surface area contributed by atoms with E-state index in [0.717, 1.165) is 25.8 Å². The molecule has 7 nitrogen and oxygen atoms in total.